The molecule has 0 aromatic heterocycles. The lowest BCUT2D eigenvalue weighted by Gasteiger charge is -2.24. The molecule has 25 heavy (non-hydrogen) atoms. The van der Waals surface area contributed by atoms with Crippen LogP contribution in [0.3, 0.4) is 0 Å². The number of nitrogens with zero attached hydrogens (tertiary/aromatic N) is 1. The Morgan fingerprint density at radius 2 is 1.24 bits per heavy atom. The second kappa shape index (κ2) is 14.7. The Labute approximate surface area is 151 Å². The summed E-state index contributed by atoms with van der Waals surface area (Å²) in [6.07, 6.45) is 13.1. The highest BCUT2D eigenvalue weighted by Gasteiger charge is 2.26. The van der Waals surface area contributed by atoms with Crippen LogP contribution in [0.1, 0.15) is 90.9 Å². The van der Waals surface area contributed by atoms with Crippen molar-refractivity contribution < 1.29 is 24.6 Å². The van der Waals surface area contributed by atoms with Gasteiger partial charge in [-0.25, -0.2) is 4.79 Å². The van der Waals surface area contributed by atoms with E-state index >= 15 is 0 Å². The predicted molar refractivity (Wildman–Crippen MR) is 97.5 cm³/mol. The first kappa shape index (κ1) is 23.4. The molecule has 0 saturated carbocycles. The van der Waals surface area contributed by atoms with Crippen LogP contribution in [0, 0.1) is 0 Å². The van der Waals surface area contributed by atoms with Gasteiger partial charge >= 0.3 is 11.9 Å². The van der Waals surface area contributed by atoms with E-state index in [0.29, 0.717) is 6.42 Å². The van der Waals surface area contributed by atoms with Gasteiger partial charge in [0.2, 0.25) is 5.91 Å². The van der Waals surface area contributed by atoms with Crippen LogP contribution in [0.5, 0.6) is 0 Å². The first-order valence-electron chi connectivity index (χ1n) is 9.64. The highest BCUT2D eigenvalue weighted by Crippen LogP contribution is 2.13. The Bertz CT molecular complexity index is 397. The molecule has 0 aromatic carbocycles. The summed E-state index contributed by atoms with van der Waals surface area (Å²) < 4.78 is 0. The van der Waals surface area contributed by atoms with Crippen molar-refractivity contribution in [2.45, 2.75) is 96.9 Å². The number of carboxylic acid groups (broad SMARTS) is 2. The number of aliphatic carboxylic acids is 2. The lowest BCUT2D eigenvalue weighted by atomic mass is 10.0. The van der Waals surface area contributed by atoms with Gasteiger partial charge in [0.25, 0.3) is 0 Å². The topological polar surface area (TPSA) is 94.9 Å². The van der Waals surface area contributed by atoms with Crippen molar-refractivity contribution >= 4 is 17.8 Å². The van der Waals surface area contributed by atoms with E-state index in [-0.39, 0.29) is 6.42 Å². The van der Waals surface area contributed by atoms with Crippen LogP contribution >= 0.6 is 0 Å². The number of carboxylic acids is 2. The molecule has 0 aliphatic carbocycles. The number of hydrogen-bond donors (Lipinski definition) is 2. The highest BCUT2D eigenvalue weighted by atomic mass is 16.4. The van der Waals surface area contributed by atoms with Crippen molar-refractivity contribution in [3.63, 3.8) is 0 Å². The molecule has 2 N–H and O–H groups in total. The van der Waals surface area contributed by atoms with Crippen LogP contribution in [0.2, 0.25) is 0 Å². The Morgan fingerprint density at radius 3 is 1.64 bits per heavy atom. The fourth-order valence-electron chi connectivity index (χ4n) is 2.80. The molecule has 1 amide bonds. The van der Waals surface area contributed by atoms with Crippen LogP contribution < -0.4 is 0 Å². The van der Waals surface area contributed by atoms with E-state index in [1.54, 1.807) is 0 Å². The standard InChI is InChI=1S/C19H35NO5/c1-3-4-5-6-7-8-9-10-11-12-13-14-17(21)20(15-18(22)23)16(2)19(24)25/h16H,3-15H2,1-2H3,(H,22,23)(H,24,25). The summed E-state index contributed by atoms with van der Waals surface area (Å²) in [4.78, 5) is 34.8. The quantitative estimate of drug-likeness (QED) is 0.406. The van der Waals surface area contributed by atoms with E-state index in [4.69, 9.17) is 10.2 Å². The minimum absolute atomic E-state index is 0.210. The highest BCUT2D eigenvalue weighted by molar-refractivity contribution is 5.86. The van der Waals surface area contributed by atoms with E-state index in [1.165, 1.54) is 51.9 Å². The molecule has 0 fully saturated rings. The number of unbranched alkanes of at least 4 members (excludes halogenated alkanes) is 10. The third-order valence-electron chi connectivity index (χ3n) is 4.45. The first-order valence-corrected chi connectivity index (χ1v) is 9.64. The number of carbonyl (C=O) groups excluding carboxylic acids is 1. The van der Waals surface area contributed by atoms with E-state index < -0.39 is 30.4 Å². The van der Waals surface area contributed by atoms with Crippen molar-refractivity contribution in [1.29, 1.82) is 0 Å². The molecule has 146 valence electrons. The summed E-state index contributed by atoms with van der Waals surface area (Å²) in [5, 5.41) is 17.8. The van der Waals surface area contributed by atoms with Crippen LogP contribution in [0.25, 0.3) is 0 Å². The van der Waals surface area contributed by atoms with Crippen molar-refractivity contribution in [2.75, 3.05) is 6.54 Å². The Morgan fingerprint density at radius 1 is 0.800 bits per heavy atom. The zero-order valence-corrected chi connectivity index (χ0v) is 15.8. The average Bonchev–Trinajstić information content (AvgIpc) is 2.56. The van der Waals surface area contributed by atoms with E-state index in [0.717, 1.165) is 24.2 Å². The summed E-state index contributed by atoms with van der Waals surface area (Å²) in [7, 11) is 0. The molecule has 0 rings (SSSR count). The van der Waals surface area contributed by atoms with Gasteiger partial charge in [0.05, 0.1) is 0 Å². The maximum Gasteiger partial charge on any atom is 0.326 e. The molecule has 0 heterocycles. The second-order valence-electron chi connectivity index (χ2n) is 6.72. The molecule has 1 unspecified atom stereocenters. The molecule has 0 aliphatic heterocycles. The maximum atomic E-state index is 12.1. The molecule has 0 radical (unpaired) electrons. The van der Waals surface area contributed by atoms with Crippen molar-refractivity contribution in [3.8, 4) is 0 Å². The number of rotatable bonds is 16. The normalized spacial score (nSPS) is 11.9. The van der Waals surface area contributed by atoms with Crippen LogP contribution in [0.15, 0.2) is 0 Å². The molecule has 0 saturated heterocycles. The molecule has 0 spiro atoms. The predicted octanol–water partition coefficient (Wildman–Crippen LogP) is 4.07. The van der Waals surface area contributed by atoms with Crippen LogP contribution in [-0.4, -0.2) is 45.5 Å². The van der Waals surface area contributed by atoms with Gasteiger partial charge in [-0.1, -0.05) is 71.1 Å². The monoisotopic (exact) mass is 357 g/mol. The molecule has 6 nitrogen and oxygen atoms in total. The third-order valence-corrected chi connectivity index (χ3v) is 4.45. The van der Waals surface area contributed by atoms with Crippen molar-refractivity contribution in [3.05, 3.63) is 0 Å². The molecule has 0 aliphatic rings. The Balaban J connectivity index is 3.82. The number of hydrogen-bond acceptors (Lipinski definition) is 3. The van der Waals surface area contributed by atoms with Crippen LogP contribution in [-0.2, 0) is 14.4 Å². The fourth-order valence-corrected chi connectivity index (χ4v) is 2.80. The average molecular weight is 357 g/mol. The lowest BCUT2D eigenvalue weighted by molar-refractivity contribution is -0.153. The number of carbonyl (C=O) groups is 3. The van der Waals surface area contributed by atoms with Gasteiger partial charge < -0.3 is 15.1 Å². The largest absolute Gasteiger partial charge is 0.480 e. The van der Waals surface area contributed by atoms with E-state index in [9.17, 15) is 14.4 Å². The summed E-state index contributed by atoms with van der Waals surface area (Å²) >= 11 is 0. The van der Waals surface area contributed by atoms with Gasteiger partial charge in [-0.15, -0.1) is 0 Å². The van der Waals surface area contributed by atoms with Crippen molar-refractivity contribution in [1.82, 2.24) is 4.90 Å². The minimum Gasteiger partial charge on any atom is -0.480 e. The SMILES string of the molecule is CCCCCCCCCCCCCC(=O)N(CC(=O)O)C(C)C(=O)O. The minimum atomic E-state index is -1.19. The summed E-state index contributed by atoms with van der Waals surface area (Å²) in [5.74, 6) is -2.78. The maximum absolute atomic E-state index is 12.1. The van der Waals surface area contributed by atoms with Crippen LogP contribution in [0.4, 0.5) is 0 Å². The Kier molecular flexibility index (Phi) is 13.8. The van der Waals surface area contributed by atoms with Gasteiger partial charge in [0.15, 0.2) is 0 Å². The summed E-state index contributed by atoms with van der Waals surface area (Å²) in [6.45, 7) is 2.99. The zero-order chi connectivity index (χ0) is 19.1. The molecule has 6 heteroatoms. The molecule has 1 atom stereocenters. The smallest absolute Gasteiger partial charge is 0.326 e. The third kappa shape index (κ3) is 12.4. The number of amides is 1. The van der Waals surface area contributed by atoms with E-state index in [1.807, 2.05) is 0 Å². The zero-order valence-electron chi connectivity index (χ0n) is 15.8. The fraction of sp³-hybridized carbons (Fsp3) is 0.842. The Hall–Kier alpha value is -1.59. The van der Waals surface area contributed by atoms with Gasteiger partial charge in [0, 0.05) is 6.42 Å². The summed E-state index contributed by atoms with van der Waals surface area (Å²) in [6, 6.07) is -1.11. The molecule has 0 bridgehead atoms. The van der Waals surface area contributed by atoms with Gasteiger partial charge in [-0.3, -0.25) is 9.59 Å². The molecular weight excluding hydrogens is 322 g/mol. The van der Waals surface area contributed by atoms with Crippen molar-refractivity contribution in [2.24, 2.45) is 0 Å². The first-order chi connectivity index (χ1) is 11.9. The molecule has 0 aromatic rings. The van der Waals surface area contributed by atoms with E-state index in [2.05, 4.69) is 6.92 Å². The van der Waals surface area contributed by atoms with Gasteiger partial charge in [-0.05, 0) is 13.3 Å². The molecular formula is C19H35NO5. The summed E-state index contributed by atoms with van der Waals surface area (Å²) in [5.41, 5.74) is 0. The second-order valence-corrected chi connectivity index (χ2v) is 6.72. The lowest BCUT2D eigenvalue weighted by Crippen LogP contribution is -2.45. The van der Waals surface area contributed by atoms with Gasteiger partial charge in [0.1, 0.15) is 12.6 Å². The van der Waals surface area contributed by atoms with Gasteiger partial charge in [-0.2, -0.15) is 0 Å².